The summed E-state index contributed by atoms with van der Waals surface area (Å²) < 4.78 is 3.32. The maximum Gasteiger partial charge on any atom is 0.331 e. The van der Waals surface area contributed by atoms with Gasteiger partial charge in [0.2, 0.25) is 5.91 Å². The molecular weight excluding hydrogens is 410 g/mol. The van der Waals surface area contributed by atoms with E-state index in [0.717, 1.165) is 16.7 Å². The van der Waals surface area contributed by atoms with Gasteiger partial charge in [-0.1, -0.05) is 60.2 Å². The maximum atomic E-state index is 13.2. The largest absolute Gasteiger partial charge is 0.352 e. The van der Waals surface area contributed by atoms with Crippen LogP contribution in [0.2, 0.25) is 0 Å². The summed E-state index contributed by atoms with van der Waals surface area (Å²) in [6.07, 6.45) is 0.0588. The van der Waals surface area contributed by atoms with Crippen molar-refractivity contribution in [3.05, 3.63) is 104 Å². The van der Waals surface area contributed by atoms with Gasteiger partial charge in [0, 0.05) is 19.5 Å². The van der Waals surface area contributed by atoms with Crippen LogP contribution in [0.15, 0.2) is 75.6 Å². The van der Waals surface area contributed by atoms with Gasteiger partial charge in [0.05, 0.1) is 12.1 Å². The van der Waals surface area contributed by atoms with Gasteiger partial charge in [-0.05, 0) is 29.5 Å². The van der Waals surface area contributed by atoms with Crippen molar-refractivity contribution in [2.45, 2.75) is 33.0 Å². The van der Waals surface area contributed by atoms with Gasteiger partial charge in [-0.2, -0.15) is 0 Å². The minimum atomic E-state index is -0.395. The molecule has 2 heterocycles. The van der Waals surface area contributed by atoms with Crippen molar-refractivity contribution in [3.63, 3.8) is 0 Å². The minimum absolute atomic E-state index is 0.0416. The first-order chi connectivity index (χ1) is 15.0. The topological polar surface area (TPSA) is 73.1 Å². The summed E-state index contributed by atoms with van der Waals surface area (Å²) in [6.45, 7) is 2.83. The van der Waals surface area contributed by atoms with E-state index >= 15 is 0 Å². The van der Waals surface area contributed by atoms with Gasteiger partial charge in [-0.3, -0.25) is 18.7 Å². The average molecular weight is 434 g/mol. The van der Waals surface area contributed by atoms with E-state index in [1.54, 1.807) is 10.6 Å². The highest BCUT2D eigenvalue weighted by atomic mass is 32.1. The molecule has 7 heteroatoms. The maximum absolute atomic E-state index is 13.2. The monoisotopic (exact) mass is 433 g/mol. The van der Waals surface area contributed by atoms with Crippen molar-refractivity contribution >= 4 is 27.5 Å². The number of fused-ring (bicyclic) bond motifs is 1. The molecule has 4 aromatic rings. The molecule has 6 nitrogen and oxygen atoms in total. The SMILES string of the molecule is Cc1cccc(Cn2c(=O)n(CCC(=O)NCc3ccccc3)c(=O)c3sccc32)c1. The molecule has 0 unspecified atom stereocenters. The number of nitrogens with one attached hydrogen (secondary N) is 1. The fourth-order valence-corrected chi connectivity index (χ4v) is 4.42. The molecule has 0 spiro atoms. The van der Waals surface area contributed by atoms with Gasteiger partial charge in [0.15, 0.2) is 0 Å². The van der Waals surface area contributed by atoms with Crippen LogP contribution in [0.4, 0.5) is 0 Å². The van der Waals surface area contributed by atoms with Gasteiger partial charge < -0.3 is 5.32 Å². The summed E-state index contributed by atoms with van der Waals surface area (Å²) >= 11 is 1.31. The molecule has 0 atom stereocenters. The van der Waals surface area contributed by atoms with E-state index in [1.165, 1.54) is 15.9 Å². The minimum Gasteiger partial charge on any atom is -0.352 e. The van der Waals surface area contributed by atoms with E-state index in [4.69, 9.17) is 0 Å². The molecule has 2 aromatic carbocycles. The molecule has 0 aliphatic rings. The number of hydrogen-bond acceptors (Lipinski definition) is 4. The van der Waals surface area contributed by atoms with E-state index in [2.05, 4.69) is 5.32 Å². The third-order valence-corrected chi connectivity index (χ3v) is 6.05. The molecular formula is C24H23N3O3S. The third-order valence-electron chi connectivity index (χ3n) is 5.15. The number of nitrogens with zero attached hydrogens (tertiary/aromatic N) is 2. The van der Waals surface area contributed by atoms with Gasteiger partial charge in [0.1, 0.15) is 4.70 Å². The van der Waals surface area contributed by atoms with Crippen molar-refractivity contribution in [1.29, 1.82) is 0 Å². The molecule has 0 saturated heterocycles. The van der Waals surface area contributed by atoms with Crippen LogP contribution in [0.5, 0.6) is 0 Å². The van der Waals surface area contributed by atoms with Crippen LogP contribution in [0.3, 0.4) is 0 Å². The highest BCUT2D eigenvalue weighted by molar-refractivity contribution is 7.17. The second-order valence-electron chi connectivity index (χ2n) is 7.46. The number of carbonyl (C=O) groups excluding carboxylic acids is 1. The Hall–Kier alpha value is -3.45. The lowest BCUT2D eigenvalue weighted by Crippen LogP contribution is -2.40. The van der Waals surface area contributed by atoms with Crippen molar-refractivity contribution in [3.8, 4) is 0 Å². The number of aromatic nitrogens is 2. The highest BCUT2D eigenvalue weighted by Gasteiger charge is 2.15. The Morgan fingerprint density at radius 3 is 2.52 bits per heavy atom. The molecule has 1 amide bonds. The first-order valence-corrected chi connectivity index (χ1v) is 11.0. The standard InChI is InChI=1S/C24H23N3O3S/c1-17-6-5-9-19(14-17)16-27-20-11-13-31-22(20)23(29)26(24(27)30)12-10-21(28)25-15-18-7-3-2-4-8-18/h2-9,11,13-14H,10,12,15-16H2,1H3,(H,25,28). The number of amides is 1. The van der Waals surface area contributed by atoms with E-state index in [9.17, 15) is 14.4 Å². The molecule has 0 bridgehead atoms. The van der Waals surface area contributed by atoms with E-state index < -0.39 is 5.69 Å². The number of rotatable bonds is 7. The summed E-state index contributed by atoms with van der Waals surface area (Å²) in [5, 5.41) is 4.66. The Morgan fingerprint density at radius 1 is 0.968 bits per heavy atom. The number of thiophene rings is 1. The zero-order valence-corrected chi connectivity index (χ0v) is 18.0. The van der Waals surface area contributed by atoms with Crippen molar-refractivity contribution in [2.24, 2.45) is 0 Å². The number of aryl methyl sites for hydroxylation is 1. The summed E-state index contributed by atoms with van der Waals surface area (Å²) in [7, 11) is 0. The quantitative estimate of drug-likeness (QED) is 0.486. The van der Waals surface area contributed by atoms with Crippen LogP contribution in [-0.4, -0.2) is 15.0 Å². The first kappa shape index (κ1) is 20.8. The molecule has 0 radical (unpaired) electrons. The molecule has 31 heavy (non-hydrogen) atoms. The highest BCUT2D eigenvalue weighted by Crippen LogP contribution is 2.17. The summed E-state index contributed by atoms with van der Waals surface area (Å²) in [4.78, 5) is 38.4. The van der Waals surface area contributed by atoms with Crippen LogP contribution in [0.1, 0.15) is 23.1 Å². The normalized spacial score (nSPS) is 11.0. The van der Waals surface area contributed by atoms with E-state index in [0.29, 0.717) is 23.3 Å². The Balaban J connectivity index is 1.57. The zero-order valence-electron chi connectivity index (χ0n) is 17.2. The second-order valence-corrected chi connectivity index (χ2v) is 8.38. The van der Waals surface area contributed by atoms with Crippen molar-refractivity contribution in [2.75, 3.05) is 0 Å². The lowest BCUT2D eigenvalue weighted by atomic mass is 10.1. The van der Waals surface area contributed by atoms with Gasteiger partial charge >= 0.3 is 5.69 Å². The van der Waals surface area contributed by atoms with Crippen molar-refractivity contribution < 1.29 is 4.79 Å². The predicted octanol–water partition coefficient (Wildman–Crippen LogP) is 3.29. The fraction of sp³-hybridized carbons (Fsp3) is 0.208. The van der Waals surface area contributed by atoms with Gasteiger partial charge in [-0.15, -0.1) is 11.3 Å². The van der Waals surface area contributed by atoms with E-state index in [1.807, 2.05) is 66.9 Å². The third kappa shape index (κ3) is 4.67. The lowest BCUT2D eigenvalue weighted by Gasteiger charge is -2.13. The number of benzene rings is 2. The first-order valence-electron chi connectivity index (χ1n) is 10.1. The van der Waals surface area contributed by atoms with Crippen LogP contribution < -0.4 is 16.6 Å². The summed E-state index contributed by atoms with van der Waals surface area (Å²) in [6, 6.07) is 19.3. The Kier molecular flexibility index (Phi) is 6.13. The molecule has 0 aliphatic carbocycles. The van der Waals surface area contributed by atoms with Crippen molar-refractivity contribution in [1.82, 2.24) is 14.5 Å². The zero-order chi connectivity index (χ0) is 21.8. The lowest BCUT2D eigenvalue weighted by molar-refractivity contribution is -0.121. The summed E-state index contributed by atoms with van der Waals surface area (Å²) in [5.41, 5.74) is 2.98. The van der Waals surface area contributed by atoms with Crippen LogP contribution in [0.25, 0.3) is 10.2 Å². The molecule has 2 aromatic heterocycles. The molecule has 0 aliphatic heterocycles. The Bertz CT molecular complexity index is 1340. The average Bonchev–Trinajstić information content (AvgIpc) is 3.26. The molecule has 4 rings (SSSR count). The second kappa shape index (κ2) is 9.14. The Labute approximate surface area is 183 Å². The molecule has 158 valence electrons. The van der Waals surface area contributed by atoms with Crippen LogP contribution >= 0.6 is 11.3 Å². The van der Waals surface area contributed by atoms with Crippen LogP contribution in [-0.2, 0) is 24.4 Å². The smallest absolute Gasteiger partial charge is 0.331 e. The number of hydrogen-bond donors (Lipinski definition) is 1. The summed E-state index contributed by atoms with van der Waals surface area (Å²) in [5.74, 6) is -0.202. The molecule has 0 saturated carbocycles. The fourth-order valence-electron chi connectivity index (χ4n) is 3.57. The molecule has 1 N–H and O–H groups in total. The van der Waals surface area contributed by atoms with E-state index in [-0.39, 0.29) is 24.4 Å². The van der Waals surface area contributed by atoms with Crippen LogP contribution in [0, 0.1) is 6.92 Å². The Morgan fingerprint density at radius 2 is 1.74 bits per heavy atom. The number of carbonyl (C=O) groups is 1. The van der Waals surface area contributed by atoms with Gasteiger partial charge in [-0.25, -0.2) is 4.79 Å². The van der Waals surface area contributed by atoms with Gasteiger partial charge in [0.25, 0.3) is 5.56 Å². The molecule has 0 fully saturated rings. The predicted molar refractivity (Wildman–Crippen MR) is 124 cm³/mol.